The monoisotopic (exact) mass is 314 g/mol. The van der Waals surface area contributed by atoms with Crippen LogP contribution in [0.15, 0.2) is 0 Å². The summed E-state index contributed by atoms with van der Waals surface area (Å²) in [6.07, 6.45) is 11.7. The molecular formula is C19H38OS. The van der Waals surface area contributed by atoms with Gasteiger partial charge in [0.2, 0.25) is 0 Å². The van der Waals surface area contributed by atoms with Crippen molar-refractivity contribution >= 4 is 17.7 Å². The van der Waals surface area contributed by atoms with E-state index < -0.39 is 0 Å². The summed E-state index contributed by atoms with van der Waals surface area (Å²) in [5.74, 6) is 2.66. The van der Waals surface area contributed by atoms with Crippen LogP contribution >= 0.6 is 12.6 Å². The smallest absolute Gasteiger partial charge is 0.188 e. The topological polar surface area (TPSA) is 17.1 Å². The first-order valence-electron chi connectivity index (χ1n) is 9.05. The molecule has 21 heavy (non-hydrogen) atoms. The van der Waals surface area contributed by atoms with Crippen molar-refractivity contribution in [3.8, 4) is 0 Å². The highest BCUT2D eigenvalue weighted by Crippen LogP contribution is 2.22. The second kappa shape index (κ2) is 12.6. The summed E-state index contributed by atoms with van der Waals surface area (Å²) >= 11 is 3.90. The van der Waals surface area contributed by atoms with Crippen LogP contribution in [0.1, 0.15) is 92.4 Å². The standard InChI is InChI=1S/C19H38OS/c1-15(2)9-6-10-16(3)11-7-12-17(4)13-8-14-18(5)19(20)21/h15-18H,6-14H2,1-5H3,(H,20,21). The summed E-state index contributed by atoms with van der Waals surface area (Å²) in [7, 11) is 0. The van der Waals surface area contributed by atoms with Gasteiger partial charge in [-0.05, 0) is 24.2 Å². The third-order valence-corrected chi connectivity index (χ3v) is 5.07. The Kier molecular flexibility index (Phi) is 12.6. The molecule has 0 aliphatic heterocycles. The van der Waals surface area contributed by atoms with Crippen LogP contribution in [0.3, 0.4) is 0 Å². The fraction of sp³-hybridized carbons (Fsp3) is 0.947. The Morgan fingerprint density at radius 1 is 0.714 bits per heavy atom. The molecule has 0 fully saturated rings. The van der Waals surface area contributed by atoms with Crippen LogP contribution in [0, 0.1) is 23.7 Å². The molecule has 0 amide bonds. The molecule has 0 bridgehead atoms. The Morgan fingerprint density at radius 3 is 1.48 bits per heavy atom. The van der Waals surface area contributed by atoms with Gasteiger partial charge in [-0.15, -0.1) is 12.6 Å². The zero-order valence-electron chi connectivity index (χ0n) is 15.0. The van der Waals surface area contributed by atoms with Crippen LogP contribution in [-0.4, -0.2) is 5.12 Å². The Balaban J connectivity index is 3.52. The lowest BCUT2D eigenvalue weighted by Crippen LogP contribution is -2.05. The lowest BCUT2D eigenvalue weighted by Gasteiger charge is -2.15. The van der Waals surface area contributed by atoms with Crippen molar-refractivity contribution in [3.05, 3.63) is 0 Å². The molecule has 0 saturated heterocycles. The maximum atomic E-state index is 11.1. The molecule has 0 N–H and O–H groups in total. The zero-order chi connectivity index (χ0) is 16.3. The van der Waals surface area contributed by atoms with E-state index in [1.54, 1.807) is 0 Å². The van der Waals surface area contributed by atoms with Gasteiger partial charge in [-0.1, -0.05) is 86.0 Å². The first-order chi connectivity index (χ1) is 9.82. The van der Waals surface area contributed by atoms with Gasteiger partial charge in [0.1, 0.15) is 0 Å². The average Bonchev–Trinajstić information content (AvgIpc) is 2.37. The molecule has 0 radical (unpaired) electrons. The molecule has 0 aliphatic carbocycles. The number of hydrogen-bond donors (Lipinski definition) is 1. The average molecular weight is 315 g/mol. The SMILES string of the molecule is CC(C)CCCC(C)CCCC(C)CCCC(C)C(=O)S. The lowest BCUT2D eigenvalue weighted by molar-refractivity contribution is -0.113. The van der Waals surface area contributed by atoms with Gasteiger partial charge in [0.25, 0.3) is 0 Å². The van der Waals surface area contributed by atoms with Gasteiger partial charge in [-0.3, -0.25) is 4.79 Å². The molecule has 0 saturated carbocycles. The van der Waals surface area contributed by atoms with Crippen molar-refractivity contribution < 1.29 is 4.79 Å². The van der Waals surface area contributed by atoms with Crippen LogP contribution in [0.2, 0.25) is 0 Å². The Morgan fingerprint density at radius 2 is 1.10 bits per heavy atom. The van der Waals surface area contributed by atoms with Crippen LogP contribution in [0.25, 0.3) is 0 Å². The first-order valence-corrected chi connectivity index (χ1v) is 9.50. The van der Waals surface area contributed by atoms with Gasteiger partial charge in [0, 0.05) is 5.92 Å². The highest BCUT2D eigenvalue weighted by molar-refractivity contribution is 7.96. The van der Waals surface area contributed by atoms with E-state index in [9.17, 15) is 4.79 Å². The van der Waals surface area contributed by atoms with Gasteiger partial charge in [0.15, 0.2) is 5.12 Å². The summed E-state index contributed by atoms with van der Waals surface area (Å²) in [5, 5.41) is 0.0397. The summed E-state index contributed by atoms with van der Waals surface area (Å²) in [6.45, 7) is 11.4. The number of carbonyl (C=O) groups is 1. The molecule has 0 aromatic carbocycles. The fourth-order valence-corrected chi connectivity index (χ4v) is 3.00. The Bertz CT molecular complexity index is 262. The second-order valence-electron chi connectivity index (χ2n) is 7.64. The Hall–Kier alpha value is 0.0200. The fourth-order valence-electron chi connectivity index (χ4n) is 2.87. The minimum Gasteiger partial charge on any atom is -0.287 e. The minimum atomic E-state index is 0.0397. The molecule has 1 nitrogen and oxygen atoms in total. The van der Waals surface area contributed by atoms with Gasteiger partial charge in [-0.25, -0.2) is 0 Å². The predicted octanol–water partition coefficient (Wildman–Crippen LogP) is 6.52. The number of carbonyl (C=O) groups excluding carboxylic acids is 1. The number of rotatable bonds is 13. The van der Waals surface area contributed by atoms with Crippen LogP contribution < -0.4 is 0 Å². The van der Waals surface area contributed by atoms with Crippen molar-refractivity contribution in [2.45, 2.75) is 92.4 Å². The number of thiol groups is 1. The largest absolute Gasteiger partial charge is 0.287 e. The van der Waals surface area contributed by atoms with E-state index in [2.05, 4.69) is 40.3 Å². The van der Waals surface area contributed by atoms with E-state index >= 15 is 0 Å². The molecule has 0 heterocycles. The Labute approximate surface area is 139 Å². The van der Waals surface area contributed by atoms with Crippen LogP contribution in [0.4, 0.5) is 0 Å². The molecule has 0 rings (SSSR count). The predicted molar refractivity (Wildman–Crippen MR) is 97.9 cm³/mol. The van der Waals surface area contributed by atoms with Crippen molar-refractivity contribution in [1.29, 1.82) is 0 Å². The van der Waals surface area contributed by atoms with Gasteiger partial charge < -0.3 is 0 Å². The normalized spacial score (nSPS) is 16.0. The molecule has 0 spiro atoms. The molecule has 0 aromatic rings. The van der Waals surface area contributed by atoms with Gasteiger partial charge in [0.05, 0.1) is 0 Å². The van der Waals surface area contributed by atoms with E-state index in [0.717, 1.165) is 24.2 Å². The van der Waals surface area contributed by atoms with Crippen molar-refractivity contribution in [2.75, 3.05) is 0 Å². The van der Waals surface area contributed by atoms with Crippen molar-refractivity contribution in [3.63, 3.8) is 0 Å². The van der Waals surface area contributed by atoms with E-state index in [1.807, 2.05) is 6.92 Å². The van der Waals surface area contributed by atoms with E-state index in [1.165, 1.54) is 51.4 Å². The molecule has 0 aliphatic rings. The summed E-state index contributed by atoms with van der Waals surface area (Å²) < 4.78 is 0. The van der Waals surface area contributed by atoms with Crippen molar-refractivity contribution in [2.24, 2.45) is 23.7 Å². The van der Waals surface area contributed by atoms with E-state index in [-0.39, 0.29) is 11.0 Å². The molecular weight excluding hydrogens is 276 g/mol. The van der Waals surface area contributed by atoms with Crippen molar-refractivity contribution in [1.82, 2.24) is 0 Å². The molecule has 126 valence electrons. The molecule has 2 heteroatoms. The third-order valence-electron chi connectivity index (χ3n) is 4.63. The molecule has 0 aromatic heterocycles. The molecule has 3 unspecified atom stereocenters. The quantitative estimate of drug-likeness (QED) is 0.383. The second-order valence-corrected chi connectivity index (χ2v) is 8.08. The minimum absolute atomic E-state index is 0.0397. The maximum Gasteiger partial charge on any atom is 0.188 e. The summed E-state index contributed by atoms with van der Waals surface area (Å²) in [5.41, 5.74) is 0. The van der Waals surface area contributed by atoms with Gasteiger partial charge >= 0.3 is 0 Å². The van der Waals surface area contributed by atoms with Crippen LogP contribution in [-0.2, 0) is 4.79 Å². The summed E-state index contributed by atoms with van der Waals surface area (Å²) in [4.78, 5) is 11.1. The maximum absolute atomic E-state index is 11.1. The zero-order valence-corrected chi connectivity index (χ0v) is 15.9. The lowest BCUT2D eigenvalue weighted by atomic mass is 9.91. The third kappa shape index (κ3) is 13.4. The van der Waals surface area contributed by atoms with E-state index in [4.69, 9.17) is 0 Å². The number of hydrogen-bond acceptors (Lipinski definition) is 1. The summed E-state index contributed by atoms with van der Waals surface area (Å²) in [6, 6.07) is 0. The highest BCUT2D eigenvalue weighted by atomic mass is 32.1. The van der Waals surface area contributed by atoms with Gasteiger partial charge in [-0.2, -0.15) is 0 Å². The van der Waals surface area contributed by atoms with E-state index in [0.29, 0.717) is 0 Å². The highest BCUT2D eigenvalue weighted by Gasteiger charge is 2.10. The van der Waals surface area contributed by atoms with Crippen LogP contribution in [0.5, 0.6) is 0 Å². The first kappa shape index (κ1) is 21.0. The molecule has 3 atom stereocenters.